The lowest BCUT2D eigenvalue weighted by molar-refractivity contribution is -0.116. The summed E-state index contributed by atoms with van der Waals surface area (Å²) in [5.74, 6) is 0.353. The summed E-state index contributed by atoms with van der Waals surface area (Å²) >= 11 is 1.21. The van der Waals surface area contributed by atoms with Crippen LogP contribution in [0.2, 0.25) is 0 Å². The molecule has 1 aromatic heterocycles. The largest absolute Gasteiger partial charge is 0.431 e. The standard InChI is InChI=1S/C20H15FN2O3S/c21-15-5-1-12(2-6-15)18-10-22-20(26-18)27-11-17(24)14-3-7-16-13(9-14)4-8-19(25)23-16/h1-3,5-7,9-10H,4,8,11H2,(H,23,25). The van der Waals surface area contributed by atoms with Gasteiger partial charge < -0.3 is 9.73 Å². The zero-order chi connectivity index (χ0) is 18.8. The molecule has 0 unspecified atom stereocenters. The van der Waals surface area contributed by atoms with Gasteiger partial charge in [-0.1, -0.05) is 11.8 Å². The Hall–Kier alpha value is -2.93. The van der Waals surface area contributed by atoms with Crippen molar-refractivity contribution in [2.45, 2.75) is 18.1 Å². The summed E-state index contributed by atoms with van der Waals surface area (Å²) in [7, 11) is 0. The molecule has 0 aliphatic carbocycles. The Labute approximate surface area is 159 Å². The highest BCUT2D eigenvalue weighted by Crippen LogP contribution is 2.27. The maximum absolute atomic E-state index is 13.0. The molecule has 1 amide bonds. The molecule has 27 heavy (non-hydrogen) atoms. The van der Waals surface area contributed by atoms with Gasteiger partial charge in [-0.05, 0) is 54.4 Å². The molecule has 1 N–H and O–H groups in total. The predicted octanol–water partition coefficient (Wildman–Crippen LogP) is 4.34. The summed E-state index contributed by atoms with van der Waals surface area (Å²) in [6.07, 6.45) is 2.62. The summed E-state index contributed by atoms with van der Waals surface area (Å²) in [6, 6.07) is 11.2. The molecule has 0 radical (unpaired) electrons. The normalized spacial score (nSPS) is 13.1. The maximum atomic E-state index is 13.0. The van der Waals surface area contributed by atoms with Gasteiger partial charge in [0.1, 0.15) is 5.82 Å². The van der Waals surface area contributed by atoms with Gasteiger partial charge in [0, 0.05) is 23.2 Å². The molecule has 4 rings (SSSR count). The van der Waals surface area contributed by atoms with Gasteiger partial charge in [0.2, 0.25) is 5.91 Å². The number of carbonyl (C=O) groups is 2. The van der Waals surface area contributed by atoms with E-state index in [1.807, 2.05) is 6.07 Å². The van der Waals surface area contributed by atoms with Gasteiger partial charge in [0.15, 0.2) is 11.5 Å². The summed E-state index contributed by atoms with van der Waals surface area (Å²) in [6.45, 7) is 0. The number of anilines is 1. The molecule has 0 fully saturated rings. The minimum atomic E-state index is -0.317. The van der Waals surface area contributed by atoms with E-state index < -0.39 is 0 Å². The highest BCUT2D eigenvalue weighted by Gasteiger charge is 2.17. The van der Waals surface area contributed by atoms with Crippen LogP contribution >= 0.6 is 11.8 Å². The highest BCUT2D eigenvalue weighted by atomic mass is 32.2. The van der Waals surface area contributed by atoms with Crippen LogP contribution in [0.15, 0.2) is 58.3 Å². The van der Waals surface area contributed by atoms with Crippen LogP contribution in [-0.2, 0) is 11.2 Å². The zero-order valence-corrected chi connectivity index (χ0v) is 15.0. The summed E-state index contributed by atoms with van der Waals surface area (Å²) < 4.78 is 18.6. The number of aryl methyl sites for hydroxylation is 1. The van der Waals surface area contributed by atoms with E-state index in [1.165, 1.54) is 23.9 Å². The van der Waals surface area contributed by atoms with Gasteiger partial charge in [-0.15, -0.1) is 0 Å². The Morgan fingerprint density at radius 3 is 2.81 bits per heavy atom. The van der Waals surface area contributed by atoms with Gasteiger partial charge in [-0.3, -0.25) is 9.59 Å². The summed E-state index contributed by atoms with van der Waals surface area (Å²) in [5, 5.41) is 3.18. The molecule has 2 heterocycles. The van der Waals surface area contributed by atoms with Crippen molar-refractivity contribution in [3.8, 4) is 11.3 Å². The minimum Gasteiger partial charge on any atom is -0.431 e. The molecular weight excluding hydrogens is 367 g/mol. The van der Waals surface area contributed by atoms with E-state index in [9.17, 15) is 14.0 Å². The number of oxazole rings is 1. The quantitative estimate of drug-likeness (QED) is 0.525. The number of hydrogen-bond acceptors (Lipinski definition) is 5. The van der Waals surface area contributed by atoms with E-state index in [-0.39, 0.29) is 23.3 Å². The average molecular weight is 382 g/mol. The number of hydrogen-bond donors (Lipinski definition) is 1. The number of benzene rings is 2. The number of nitrogens with zero attached hydrogens (tertiary/aromatic N) is 1. The molecule has 1 aliphatic heterocycles. The van der Waals surface area contributed by atoms with Crippen LogP contribution in [0.25, 0.3) is 11.3 Å². The van der Waals surface area contributed by atoms with Gasteiger partial charge >= 0.3 is 0 Å². The van der Waals surface area contributed by atoms with E-state index in [4.69, 9.17) is 4.42 Å². The first-order valence-electron chi connectivity index (χ1n) is 8.39. The monoisotopic (exact) mass is 382 g/mol. The van der Waals surface area contributed by atoms with E-state index in [0.29, 0.717) is 29.4 Å². The number of thioether (sulfide) groups is 1. The van der Waals surface area contributed by atoms with Crippen LogP contribution in [0, 0.1) is 5.82 Å². The third-order valence-electron chi connectivity index (χ3n) is 4.26. The molecule has 0 saturated carbocycles. The number of rotatable bonds is 5. The molecule has 0 saturated heterocycles. The van der Waals surface area contributed by atoms with Crippen molar-refractivity contribution in [2.24, 2.45) is 0 Å². The Morgan fingerprint density at radius 2 is 2.00 bits per heavy atom. The van der Waals surface area contributed by atoms with Crippen LogP contribution < -0.4 is 5.32 Å². The van der Waals surface area contributed by atoms with Crippen molar-refractivity contribution in [3.05, 3.63) is 65.6 Å². The second-order valence-corrected chi connectivity index (χ2v) is 7.06. The van der Waals surface area contributed by atoms with Crippen LogP contribution in [0.4, 0.5) is 10.1 Å². The molecule has 3 aromatic rings. The maximum Gasteiger partial charge on any atom is 0.256 e. The fourth-order valence-electron chi connectivity index (χ4n) is 2.84. The molecule has 7 heteroatoms. The third kappa shape index (κ3) is 3.93. The Kier molecular flexibility index (Phi) is 4.77. The first kappa shape index (κ1) is 17.5. The second-order valence-electron chi connectivity index (χ2n) is 6.13. The van der Waals surface area contributed by atoms with Crippen molar-refractivity contribution in [3.63, 3.8) is 0 Å². The lowest BCUT2D eigenvalue weighted by Crippen LogP contribution is -2.19. The van der Waals surface area contributed by atoms with Gasteiger partial charge in [0.05, 0.1) is 11.9 Å². The minimum absolute atomic E-state index is 0.00187. The van der Waals surface area contributed by atoms with Crippen LogP contribution in [0.3, 0.4) is 0 Å². The molecule has 1 aliphatic rings. The van der Waals surface area contributed by atoms with E-state index in [2.05, 4.69) is 10.3 Å². The third-order valence-corrected chi connectivity index (χ3v) is 5.10. The number of fused-ring (bicyclic) bond motifs is 1. The van der Waals surface area contributed by atoms with Crippen molar-refractivity contribution in [1.29, 1.82) is 0 Å². The zero-order valence-electron chi connectivity index (χ0n) is 14.2. The van der Waals surface area contributed by atoms with Crippen LogP contribution in [0.5, 0.6) is 0 Å². The number of aromatic nitrogens is 1. The fraction of sp³-hybridized carbons (Fsp3) is 0.150. The predicted molar refractivity (Wildman–Crippen MR) is 100 cm³/mol. The lowest BCUT2D eigenvalue weighted by Gasteiger charge is -2.17. The first-order chi connectivity index (χ1) is 13.1. The molecule has 2 aromatic carbocycles. The van der Waals surface area contributed by atoms with E-state index >= 15 is 0 Å². The molecule has 5 nitrogen and oxygen atoms in total. The molecule has 0 atom stereocenters. The Balaban J connectivity index is 1.41. The van der Waals surface area contributed by atoms with Crippen LogP contribution in [-0.4, -0.2) is 22.4 Å². The summed E-state index contributed by atoms with van der Waals surface area (Å²) in [4.78, 5) is 28.0. The Morgan fingerprint density at radius 1 is 1.19 bits per heavy atom. The molecule has 0 bridgehead atoms. The smallest absolute Gasteiger partial charge is 0.256 e. The fourth-order valence-corrected chi connectivity index (χ4v) is 3.54. The van der Waals surface area contributed by atoms with Crippen molar-refractivity contribution in [2.75, 3.05) is 11.1 Å². The van der Waals surface area contributed by atoms with Crippen molar-refractivity contribution >= 4 is 29.1 Å². The molecule has 0 spiro atoms. The van der Waals surface area contributed by atoms with Crippen molar-refractivity contribution in [1.82, 2.24) is 4.98 Å². The highest BCUT2D eigenvalue weighted by molar-refractivity contribution is 7.99. The van der Waals surface area contributed by atoms with E-state index in [1.54, 1.807) is 30.5 Å². The van der Waals surface area contributed by atoms with Gasteiger partial charge in [-0.2, -0.15) is 0 Å². The van der Waals surface area contributed by atoms with Gasteiger partial charge in [-0.25, -0.2) is 9.37 Å². The number of ketones is 1. The molecular formula is C20H15FN2O3S. The lowest BCUT2D eigenvalue weighted by atomic mass is 9.99. The second kappa shape index (κ2) is 7.36. The number of Topliss-reactive ketones (excluding diaryl/α,β-unsaturated/α-hetero) is 1. The van der Waals surface area contributed by atoms with Gasteiger partial charge in [0.25, 0.3) is 5.22 Å². The summed E-state index contributed by atoms with van der Waals surface area (Å²) in [5.41, 5.74) is 3.06. The number of carbonyl (C=O) groups excluding carboxylic acids is 2. The number of amides is 1. The SMILES string of the molecule is O=C1CCc2cc(C(=O)CSc3ncc(-c4ccc(F)cc4)o3)ccc2N1. The first-order valence-corrected chi connectivity index (χ1v) is 9.37. The molecule has 136 valence electrons. The number of nitrogens with one attached hydrogen (secondary N) is 1. The average Bonchev–Trinajstić information content (AvgIpc) is 3.15. The van der Waals surface area contributed by atoms with Crippen molar-refractivity contribution < 1.29 is 18.4 Å². The Bertz CT molecular complexity index is 1010. The topological polar surface area (TPSA) is 72.2 Å². The number of halogens is 1. The van der Waals surface area contributed by atoms with Crippen LogP contribution in [0.1, 0.15) is 22.3 Å². The van der Waals surface area contributed by atoms with E-state index in [0.717, 1.165) is 16.8 Å².